The van der Waals surface area contributed by atoms with Crippen LogP contribution in [0.1, 0.15) is 5.56 Å². The van der Waals surface area contributed by atoms with Gasteiger partial charge in [0.25, 0.3) is 0 Å². The van der Waals surface area contributed by atoms with E-state index in [0.717, 1.165) is 11.3 Å². The zero-order valence-corrected chi connectivity index (χ0v) is 10.5. The van der Waals surface area contributed by atoms with Gasteiger partial charge >= 0.3 is 0 Å². The van der Waals surface area contributed by atoms with Crippen LogP contribution in [-0.2, 0) is 6.54 Å². The van der Waals surface area contributed by atoms with Gasteiger partial charge in [-0.2, -0.15) is 0 Å². The first-order valence-corrected chi connectivity index (χ1v) is 6.32. The summed E-state index contributed by atoms with van der Waals surface area (Å²) in [4.78, 5) is 0. The summed E-state index contributed by atoms with van der Waals surface area (Å²) in [6, 6.07) is 21.9. The molecular weight excluding hydrogens is 234 g/mol. The third kappa shape index (κ3) is 2.52. The largest absolute Gasteiger partial charge is 0.508 e. The van der Waals surface area contributed by atoms with Crippen molar-refractivity contribution in [3.63, 3.8) is 0 Å². The summed E-state index contributed by atoms with van der Waals surface area (Å²) in [6.45, 7) is 0.616. The Hall–Kier alpha value is -2.48. The molecule has 0 aliphatic heterocycles. The molecule has 3 aromatic carbocycles. The number of rotatable bonds is 3. The predicted octanol–water partition coefficient (Wildman–Crippen LogP) is 4.16. The van der Waals surface area contributed by atoms with Gasteiger partial charge in [-0.25, -0.2) is 0 Å². The molecular formula is C17H15NO. The van der Waals surface area contributed by atoms with Gasteiger partial charge in [-0.05, 0) is 29.0 Å². The number of aromatic hydroxyl groups is 1. The van der Waals surface area contributed by atoms with Gasteiger partial charge in [-0.15, -0.1) is 0 Å². The number of hydrogen-bond donors (Lipinski definition) is 2. The fourth-order valence-electron chi connectivity index (χ4n) is 2.16. The Bertz CT molecular complexity index is 706. The molecule has 2 heteroatoms. The molecule has 0 atom stereocenters. The highest BCUT2D eigenvalue weighted by molar-refractivity contribution is 5.85. The molecule has 0 bridgehead atoms. The molecule has 0 spiro atoms. The Labute approximate surface area is 112 Å². The lowest BCUT2D eigenvalue weighted by Crippen LogP contribution is -1.99. The van der Waals surface area contributed by atoms with Crippen LogP contribution in [0.15, 0.2) is 66.7 Å². The minimum atomic E-state index is 0.329. The lowest BCUT2D eigenvalue weighted by molar-refractivity contribution is 0.469. The van der Waals surface area contributed by atoms with Gasteiger partial charge in [-0.3, -0.25) is 0 Å². The summed E-state index contributed by atoms with van der Waals surface area (Å²) in [5.41, 5.74) is 1.96. The minimum Gasteiger partial charge on any atom is -0.508 e. The Kier molecular flexibility index (Phi) is 3.07. The molecule has 0 saturated carbocycles. The van der Waals surface area contributed by atoms with Crippen molar-refractivity contribution >= 4 is 16.5 Å². The zero-order chi connectivity index (χ0) is 13.1. The Morgan fingerprint density at radius 2 is 1.53 bits per heavy atom. The SMILES string of the molecule is Oc1ccccc1CNc1ccc2ccccc2c1. The number of nitrogens with one attached hydrogen (secondary N) is 1. The van der Waals surface area contributed by atoms with Crippen molar-refractivity contribution in [2.45, 2.75) is 6.54 Å². The zero-order valence-electron chi connectivity index (χ0n) is 10.5. The average Bonchev–Trinajstić information content (AvgIpc) is 2.46. The molecule has 0 radical (unpaired) electrons. The number of benzene rings is 3. The van der Waals surface area contributed by atoms with E-state index in [2.05, 4.69) is 35.6 Å². The van der Waals surface area contributed by atoms with Gasteiger partial charge in [-0.1, -0.05) is 48.5 Å². The number of phenolic OH excluding ortho intramolecular Hbond substituents is 1. The van der Waals surface area contributed by atoms with E-state index >= 15 is 0 Å². The lowest BCUT2D eigenvalue weighted by atomic mass is 10.1. The third-order valence-electron chi connectivity index (χ3n) is 3.22. The van der Waals surface area contributed by atoms with Crippen molar-refractivity contribution in [1.29, 1.82) is 0 Å². The molecule has 2 nitrogen and oxygen atoms in total. The van der Waals surface area contributed by atoms with Crippen LogP contribution in [-0.4, -0.2) is 5.11 Å². The third-order valence-corrected chi connectivity index (χ3v) is 3.22. The second-order valence-corrected chi connectivity index (χ2v) is 4.54. The maximum Gasteiger partial charge on any atom is 0.120 e. The summed E-state index contributed by atoms with van der Waals surface area (Å²) in [5.74, 6) is 0.329. The van der Waals surface area contributed by atoms with Gasteiger partial charge in [0.05, 0.1) is 0 Å². The van der Waals surface area contributed by atoms with Crippen LogP contribution in [0.4, 0.5) is 5.69 Å². The molecule has 0 heterocycles. The maximum atomic E-state index is 9.72. The molecule has 0 aliphatic carbocycles. The first kappa shape index (κ1) is 11.6. The maximum absolute atomic E-state index is 9.72. The lowest BCUT2D eigenvalue weighted by Gasteiger charge is -2.09. The Morgan fingerprint density at radius 3 is 2.37 bits per heavy atom. The molecule has 94 valence electrons. The van der Waals surface area contributed by atoms with Crippen LogP contribution in [0.3, 0.4) is 0 Å². The summed E-state index contributed by atoms with van der Waals surface area (Å²) < 4.78 is 0. The van der Waals surface area contributed by atoms with E-state index in [1.54, 1.807) is 6.07 Å². The van der Waals surface area contributed by atoms with E-state index in [0.29, 0.717) is 12.3 Å². The van der Waals surface area contributed by atoms with Crippen LogP contribution in [0.5, 0.6) is 5.75 Å². The van der Waals surface area contributed by atoms with Gasteiger partial charge in [0.2, 0.25) is 0 Å². The first-order valence-electron chi connectivity index (χ1n) is 6.32. The summed E-state index contributed by atoms with van der Waals surface area (Å²) in [6.07, 6.45) is 0. The van der Waals surface area contributed by atoms with Crippen LogP contribution in [0.2, 0.25) is 0 Å². The second-order valence-electron chi connectivity index (χ2n) is 4.54. The van der Waals surface area contributed by atoms with Gasteiger partial charge < -0.3 is 10.4 Å². The fraction of sp³-hybridized carbons (Fsp3) is 0.0588. The van der Waals surface area contributed by atoms with Crippen molar-refractivity contribution in [3.8, 4) is 5.75 Å². The van der Waals surface area contributed by atoms with E-state index in [-0.39, 0.29) is 0 Å². The average molecular weight is 249 g/mol. The first-order chi connectivity index (χ1) is 9.33. The van der Waals surface area contributed by atoms with Crippen molar-refractivity contribution in [2.24, 2.45) is 0 Å². The molecule has 19 heavy (non-hydrogen) atoms. The number of phenols is 1. The van der Waals surface area contributed by atoms with Crippen LogP contribution < -0.4 is 5.32 Å². The highest BCUT2D eigenvalue weighted by Crippen LogP contribution is 2.21. The van der Waals surface area contributed by atoms with Crippen molar-refractivity contribution in [2.75, 3.05) is 5.32 Å². The minimum absolute atomic E-state index is 0.329. The molecule has 0 aliphatic rings. The molecule has 0 fully saturated rings. The van der Waals surface area contributed by atoms with Crippen molar-refractivity contribution in [3.05, 3.63) is 72.3 Å². The normalized spacial score (nSPS) is 10.5. The highest BCUT2D eigenvalue weighted by atomic mass is 16.3. The molecule has 0 unspecified atom stereocenters. The van der Waals surface area contributed by atoms with E-state index in [1.807, 2.05) is 30.3 Å². The molecule has 0 aromatic heterocycles. The predicted molar refractivity (Wildman–Crippen MR) is 79.4 cm³/mol. The summed E-state index contributed by atoms with van der Waals surface area (Å²) >= 11 is 0. The molecule has 0 saturated heterocycles. The topological polar surface area (TPSA) is 32.3 Å². The van der Waals surface area contributed by atoms with Crippen molar-refractivity contribution < 1.29 is 5.11 Å². The Morgan fingerprint density at radius 1 is 0.789 bits per heavy atom. The molecule has 3 rings (SSSR count). The molecule has 3 aromatic rings. The van der Waals surface area contributed by atoms with Gasteiger partial charge in [0, 0.05) is 17.8 Å². The standard InChI is InChI=1S/C17H15NO/c19-17-8-4-3-7-15(17)12-18-16-10-9-13-5-1-2-6-14(13)11-16/h1-11,18-19H,12H2. The molecule has 0 amide bonds. The van der Waals surface area contributed by atoms with Gasteiger partial charge in [0.1, 0.15) is 5.75 Å². The summed E-state index contributed by atoms with van der Waals surface area (Å²) in [5, 5.41) is 15.5. The van der Waals surface area contributed by atoms with E-state index in [4.69, 9.17) is 0 Å². The van der Waals surface area contributed by atoms with E-state index in [1.165, 1.54) is 10.8 Å². The van der Waals surface area contributed by atoms with Crippen LogP contribution in [0, 0.1) is 0 Å². The van der Waals surface area contributed by atoms with E-state index in [9.17, 15) is 5.11 Å². The Balaban J connectivity index is 1.80. The smallest absolute Gasteiger partial charge is 0.120 e. The fourth-order valence-corrected chi connectivity index (χ4v) is 2.16. The number of anilines is 1. The van der Waals surface area contributed by atoms with Gasteiger partial charge in [0.15, 0.2) is 0 Å². The quantitative estimate of drug-likeness (QED) is 0.730. The molecule has 2 N–H and O–H groups in total. The monoisotopic (exact) mass is 249 g/mol. The number of para-hydroxylation sites is 1. The van der Waals surface area contributed by atoms with Crippen molar-refractivity contribution in [1.82, 2.24) is 0 Å². The summed E-state index contributed by atoms with van der Waals surface area (Å²) in [7, 11) is 0. The number of hydrogen-bond acceptors (Lipinski definition) is 2. The number of fused-ring (bicyclic) bond motifs is 1. The van der Waals surface area contributed by atoms with Crippen LogP contribution >= 0.6 is 0 Å². The van der Waals surface area contributed by atoms with E-state index < -0.39 is 0 Å². The second kappa shape index (κ2) is 5.02. The van der Waals surface area contributed by atoms with Crippen LogP contribution in [0.25, 0.3) is 10.8 Å². The highest BCUT2D eigenvalue weighted by Gasteiger charge is 2.00.